The van der Waals surface area contributed by atoms with E-state index in [1.165, 1.54) is 23.5 Å². The molecule has 1 aromatic carbocycles. The largest absolute Gasteiger partial charge is 0.462 e. The fourth-order valence-corrected chi connectivity index (χ4v) is 4.87. The van der Waals surface area contributed by atoms with Gasteiger partial charge in [-0.3, -0.25) is 14.4 Å². The number of hydrogen-bond acceptors (Lipinski definition) is 8. The molecule has 2 heterocycles. The number of nitrogens with zero attached hydrogens (tertiary/aromatic N) is 1. The van der Waals surface area contributed by atoms with Crippen molar-refractivity contribution in [2.45, 2.75) is 32.6 Å². The second kappa shape index (κ2) is 8.31. The number of hydrogen-bond donors (Lipinski definition) is 1. The number of hydroxylamine groups is 2. The first kappa shape index (κ1) is 20.7. The van der Waals surface area contributed by atoms with Gasteiger partial charge in [-0.2, -0.15) is 0 Å². The number of carbonyl (C=O) groups is 5. The maximum atomic E-state index is 12.5. The number of rotatable bonds is 4. The minimum Gasteiger partial charge on any atom is -0.462 e. The van der Waals surface area contributed by atoms with E-state index in [1.54, 1.807) is 19.1 Å². The van der Waals surface area contributed by atoms with Crippen molar-refractivity contribution in [3.63, 3.8) is 0 Å². The highest BCUT2D eigenvalue weighted by atomic mass is 32.1. The predicted octanol–water partition coefficient (Wildman–Crippen LogP) is 2.50. The summed E-state index contributed by atoms with van der Waals surface area (Å²) in [6.07, 6.45) is 3.31. The molecule has 0 saturated carbocycles. The van der Waals surface area contributed by atoms with Crippen molar-refractivity contribution in [3.05, 3.63) is 51.4 Å². The van der Waals surface area contributed by atoms with E-state index in [1.807, 2.05) is 0 Å². The van der Waals surface area contributed by atoms with Crippen LogP contribution in [0.4, 0.5) is 5.00 Å². The molecule has 9 nitrogen and oxygen atoms in total. The molecule has 3 amide bonds. The number of fused-ring (bicyclic) bond motifs is 2. The lowest BCUT2D eigenvalue weighted by atomic mass is 9.95. The third-order valence-electron chi connectivity index (χ3n) is 4.99. The van der Waals surface area contributed by atoms with E-state index in [9.17, 15) is 24.0 Å². The Hall–Kier alpha value is -3.53. The fraction of sp³-hybridized carbons (Fsp3) is 0.286. The highest BCUT2D eigenvalue weighted by Gasteiger charge is 2.40. The molecule has 31 heavy (non-hydrogen) atoms. The zero-order chi connectivity index (χ0) is 22.1. The topological polar surface area (TPSA) is 119 Å². The van der Waals surface area contributed by atoms with Gasteiger partial charge in [0, 0.05) is 4.88 Å². The number of benzene rings is 1. The second-order valence-electron chi connectivity index (χ2n) is 6.92. The number of anilines is 1. The van der Waals surface area contributed by atoms with E-state index in [0.29, 0.717) is 6.42 Å². The van der Waals surface area contributed by atoms with E-state index < -0.39 is 29.7 Å². The first-order valence-electron chi connectivity index (χ1n) is 9.75. The van der Waals surface area contributed by atoms with E-state index in [2.05, 4.69) is 5.32 Å². The van der Waals surface area contributed by atoms with Gasteiger partial charge in [-0.25, -0.2) is 9.59 Å². The summed E-state index contributed by atoms with van der Waals surface area (Å²) in [4.78, 5) is 67.6. The van der Waals surface area contributed by atoms with Gasteiger partial charge in [0.05, 0.1) is 23.3 Å². The van der Waals surface area contributed by atoms with E-state index in [0.717, 1.165) is 29.7 Å². The number of imide groups is 1. The van der Waals surface area contributed by atoms with Crippen LogP contribution < -0.4 is 5.32 Å². The van der Waals surface area contributed by atoms with E-state index >= 15 is 0 Å². The number of carbonyl (C=O) groups excluding carboxylic acids is 5. The number of amides is 3. The molecule has 0 bridgehead atoms. The summed E-state index contributed by atoms with van der Waals surface area (Å²) in [6.45, 7) is 1.84. The summed E-state index contributed by atoms with van der Waals surface area (Å²) in [5.74, 6) is -4.90. The summed E-state index contributed by atoms with van der Waals surface area (Å²) in [5, 5.41) is 2.84. The summed E-state index contributed by atoms with van der Waals surface area (Å²) < 4.78 is 5.11. The van der Waals surface area contributed by atoms with Gasteiger partial charge in [0.1, 0.15) is 5.00 Å². The third-order valence-corrected chi connectivity index (χ3v) is 6.20. The lowest BCUT2D eigenvalue weighted by molar-refractivity contribution is -0.172. The van der Waals surface area contributed by atoms with E-state index in [-0.39, 0.29) is 33.4 Å². The van der Waals surface area contributed by atoms with Crippen LogP contribution in [0.15, 0.2) is 24.3 Å². The quantitative estimate of drug-likeness (QED) is 0.439. The van der Waals surface area contributed by atoms with Crippen molar-refractivity contribution in [1.82, 2.24) is 5.06 Å². The average molecular weight is 442 g/mol. The number of thiophene rings is 1. The van der Waals surface area contributed by atoms with Crippen LogP contribution in [0, 0.1) is 0 Å². The Morgan fingerprint density at radius 3 is 2.35 bits per heavy atom. The molecule has 160 valence electrons. The molecule has 1 aliphatic carbocycles. The Morgan fingerprint density at radius 2 is 1.71 bits per heavy atom. The lowest BCUT2D eigenvalue weighted by Crippen LogP contribution is -2.37. The van der Waals surface area contributed by atoms with Crippen LogP contribution in [-0.2, 0) is 32.0 Å². The summed E-state index contributed by atoms with van der Waals surface area (Å²) >= 11 is 1.21. The van der Waals surface area contributed by atoms with Crippen molar-refractivity contribution < 1.29 is 33.5 Å². The van der Waals surface area contributed by atoms with Gasteiger partial charge in [0.25, 0.3) is 11.8 Å². The molecule has 0 atom stereocenters. The lowest BCUT2D eigenvalue weighted by Gasteiger charge is -2.13. The van der Waals surface area contributed by atoms with Gasteiger partial charge in [-0.1, -0.05) is 17.2 Å². The molecule has 10 heteroatoms. The zero-order valence-electron chi connectivity index (χ0n) is 16.6. The molecule has 2 aromatic rings. The van der Waals surface area contributed by atoms with Gasteiger partial charge in [-0.15, -0.1) is 11.3 Å². The molecule has 1 N–H and O–H groups in total. The zero-order valence-corrected chi connectivity index (χ0v) is 17.4. The Balaban J connectivity index is 1.52. The van der Waals surface area contributed by atoms with E-state index in [4.69, 9.17) is 9.57 Å². The van der Waals surface area contributed by atoms with Crippen LogP contribution in [0.25, 0.3) is 0 Å². The molecule has 4 rings (SSSR count). The molecule has 0 spiro atoms. The molecular weight excluding hydrogens is 424 g/mol. The molecular formula is C21H18N2O7S. The Morgan fingerprint density at radius 1 is 1.06 bits per heavy atom. The molecule has 0 radical (unpaired) electrons. The van der Waals surface area contributed by atoms with Crippen molar-refractivity contribution in [1.29, 1.82) is 0 Å². The van der Waals surface area contributed by atoms with Crippen molar-refractivity contribution in [2.75, 3.05) is 11.9 Å². The van der Waals surface area contributed by atoms with Crippen LogP contribution in [0.1, 0.15) is 61.3 Å². The SMILES string of the molecule is CCOC(=O)c1c(NC(=O)C(=O)ON2C(=O)c3ccccc3C2=O)sc2c1CCCC2. The summed E-state index contributed by atoms with van der Waals surface area (Å²) in [5.41, 5.74) is 1.22. The third kappa shape index (κ3) is 3.70. The van der Waals surface area contributed by atoms with Crippen LogP contribution in [0.2, 0.25) is 0 Å². The van der Waals surface area contributed by atoms with Gasteiger partial charge in [0.2, 0.25) is 0 Å². The second-order valence-corrected chi connectivity index (χ2v) is 8.02. The Kier molecular flexibility index (Phi) is 5.55. The minimum absolute atomic E-state index is 0.0798. The highest BCUT2D eigenvalue weighted by Crippen LogP contribution is 2.38. The number of ether oxygens (including phenoxy) is 1. The molecule has 2 aliphatic rings. The van der Waals surface area contributed by atoms with Gasteiger partial charge in [-0.05, 0) is 50.3 Å². The summed E-state index contributed by atoms with van der Waals surface area (Å²) in [6, 6.07) is 5.98. The maximum Gasteiger partial charge on any atom is 0.421 e. The summed E-state index contributed by atoms with van der Waals surface area (Å²) in [7, 11) is 0. The monoisotopic (exact) mass is 442 g/mol. The van der Waals surface area contributed by atoms with Crippen LogP contribution in [-0.4, -0.2) is 41.3 Å². The Bertz CT molecular complexity index is 1090. The number of aryl methyl sites for hydroxylation is 1. The normalized spacial score (nSPS) is 14.7. The number of nitrogens with one attached hydrogen (secondary N) is 1. The highest BCUT2D eigenvalue weighted by molar-refractivity contribution is 7.17. The standard InChI is InChI=1S/C21H18N2O7S/c1-2-29-20(27)15-13-9-5-6-10-14(13)31-17(15)22-16(24)21(28)30-23-18(25)11-7-3-4-8-12(11)19(23)26/h3-4,7-8H,2,5-6,9-10H2,1H3,(H,22,24). The fourth-order valence-electron chi connectivity index (χ4n) is 3.60. The van der Waals surface area contributed by atoms with Gasteiger partial charge < -0.3 is 14.9 Å². The van der Waals surface area contributed by atoms with Crippen molar-refractivity contribution >= 4 is 46.0 Å². The first-order chi connectivity index (χ1) is 14.9. The molecule has 0 saturated heterocycles. The number of esters is 1. The average Bonchev–Trinajstić information content (AvgIpc) is 3.24. The van der Waals surface area contributed by atoms with Gasteiger partial charge in [0.15, 0.2) is 0 Å². The maximum absolute atomic E-state index is 12.5. The van der Waals surface area contributed by atoms with Crippen molar-refractivity contribution in [2.24, 2.45) is 0 Å². The molecule has 0 unspecified atom stereocenters. The molecule has 1 aliphatic heterocycles. The van der Waals surface area contributed by atoms with Crippen LogP contribution in [0.5, 0.6) is 0 Å². The molecule has 0 fully saturated rings. The molecule has 1 aromatic heterocycles. The van der Waals surface area contributed by atoms with Crippen LogP contribution in [0.3, 0.4) is 0 Å². The van der Waals surface area contributed by atoms with Crippen molar-refractivity contribution in [3.8, 4) is 0 Å². The predicted molar refractivity (Wildman–Crippen MR) is 109 cm³/mol. The smallest absolute Gasteiger partial charge is 0.421 e. The Labute approximate surface area is 180 Å². The van der Waals surface area contributed by atoms with Crippen LogP contribution >= 0.6 is 11.3 Å². The van der Waals surface area contributed by atoms with Gasteiger partial charge >= 0.3 is 17.8 Å². The minimum atomic E-state index is -1.45. The first-order valence-corrected chi connectivity index (χ1v) is 10.6.